The maximum absolute atomic E-state index is 13.2. The molecule has 3 rings (SSSR count). The third kappa shape index (κ3) is 3.23. The number of hydrogen-bond donors (Lipinski definition) is 1. The Morgan fingerprint density at radius 2 is 1.46 bits per heavy atom. The number of halogens is 8. The van der Waals surface area contributed by atoms with Gasteiger partial charge in [-0.05, 0) is 18.2 Å². The zero-order valence-electron chi connectivity index (χ0n) is 12.1. The number of hydrogen-bond acceptors (Lipinski definition) is 4. The number of nitrogens with two attached hydrogens (primary N) is 1. The molecular weight excluding hydrogens is 411 g/mol. The molecule has 0 saturated carbocycles. The number of anilines is 1. The van der Waals surface area contributed by atoms with E-state index >= 15 is 0 Å². The van der Waals surface area contributed by atoms with Crippen molar-refractivity contribution in [1.82, 2.24) is 19.7 Å². The van der Waals surface area contributed by atoms with Crippen LogP contribution in [0.4, 0.5) is 32.2 Å². The van der Waals surface area contributed by atoms with Crippen LogP contribution in [0.15, 0.2) is 18.2 Å². The monoisotopic (exact) mass is 415 g/mol. The number of nitrogens with zero attached hydrogens (tertiary/aromatic N) is 4. The SMILES string of the molecule is Nc1c2c(C(F)(F)F)nc(C(F)(F)F)nc2nn1-c1cc(Cl)cc(Cl)c1. The van der Waals surface area contributed by atoms with Crippen LogP contribution in [0.2, 0.25) is 10.0 Å². The van der Waals surface area contributed by atoms with Crippen molar-refractivity contribution >= 4 is 40.1 Å². The van der Waals surface area contributed by atoms with Crippen molar-refractivity contribution in [3.05, 3.63) is 39.8 Å². The van der Waals surface area contributed by atoms with E-state index in [9.17, 15) is 26.3 Å². The molecule has 0 amide bonds. The summed E-state index contributed by atoms with van der Waals surface area (Å²) in [6, 6.07) is 3.87. The first-order valence-corrected chi connectivity index (χ1v) is 7.30. The fourth-order valence-electron chi connectivity index (χ4n) is 2.20. The van der Waals surface area contributed by atoms with Crippen molar-refractivity contribution in [2.24, 2.45) is 0 Å². The van der Waals surface area contributed by atoms with Crippen LogP contribution in [0, 0.1) is 0 Å². The van der Waals surface area contributed by atoms with Crippen LogP contribution in [0.25, 0.3) is 16.7 Å². The summed E-state index contributed by atoms with van der Waals surface area (Å²) in [5.74, 6) is -2.59. The van der Waals surface area contributed by atoms with Crippen LogP contribution in [0.1, 0.15) is 11.5 Å². The van der Waals surface area contributed by atoms with E-state index in [4.69, 9.17) is 28.9 Å². The maximum atomic E-state index is 13.2. The molecule has 2 N–H and O–H groups in total. The molecule has 0 unspecified atom stereocenters. The molecule has 0 bridgehead atoms. The molecule has 0 radical (unpaired) electrons. The number of nitrogen functional groups attached to an aromatic ring is 1. The first-order chi connectivity index (χ1) is 11.9. The molecule has 0 aliphatic carbocycles. The summed E-state index contributed by atoms with van der Waals surface area (Å²) in [7, 11) is 0. The Morgan fingerprint density at radius 1 is 0.885 bits per heavy atom. The Bertz CT molecular complexity index is 991. The van der Waals surface area contributed by atoms with Crippen LogP contribution >= 0.6 is 23.2 Å². The second-order valence-corrected chi connectivity index (χ2v) is 5.89. The smallest absolute Gasteiger partial charge is 0.383 e. The van der Waals surface area contributed by atoms with Crippen LogP contribution in [-0.4, -0.2) is 19.7 Å². The molecule has 138 valence electrons. The zero-order valence-corrected chi connectivity index (χ0v) is 13.6. The minimum absolute atomic E-state index is 0.0414. The summed E-state index contributed by atoms with van der Waals surface area (Å²) in [5.41, 5.74) is 3.01. The minimum atomic E-state index is -5.21. The summed E-state index contributed by atoms with van der Waals surface area (Å²) >= 11 is 11.6. The van der Waals surface area contributed by atoms with Gasteiger partial charge in [0.05, 0.1) is 11.1 Å². The molecule has 5 nitrogen and oxygen atoms in total. The molecule has 3 aromatic rings. The quantitative estimate of drug-likeness (QED) is 0.582. The third-order valence-electron chi connectivity index (χ3n) is 3.18. The van der Waals surface area contributed by atoms with Gasteiger partial charge in [-0.25, -0.2) is 14.6 Å². The van der Waals surface area contributed by atoms with Gasteiger partial charge in [-0.2, -0.15) is 26.3 Å². The number of benzene rings is 1. The molecule has 0 atom stereocenters. The highest BCUT2D eigenvalue weighted by molar-refractivity contribution is 6.34. The summed E-state index contributed by atoms with van der Waals surface area (Å²) < 4.78 is 78.9. The van der Waals surface area contributed by atoms with Gasteiger partial charge >= 0.3 is 12.4 Å². The van der Waals surface area contributed by atoms with Gasteiger partial charge in [-0.15, -0.1) is 5.10 Å². The molecule has 13 heteroatoms. The topological polar surface area (TPSA) is 69.6 Å². The van der Waals surface area contributed by atoms with E-state index in [0.29, 0.717) is 0 Å². The summed E-state index contributed by atoms with van der Waals surface area (Å²) in [6.45, 7) is 0. The van der Waals surface area contributed by atoms with Gasteiger partial charge < -0.3 is 5.73 Å². The van der Waals surface area contributed by atoms with Gasteiger partial charge in [0.15, 0.2) is 11.3 Å². The van der Waals surface area contributed by atoms with Crippen molar-refractivity contribution in [2.45, 2.75) is 12.4 Å². The fourth-order valence-corrected chi connectivity index (χ4v) is 2.72. The average Bonchev–Trinajstić information content (AvgIpc) is 2.81. The Kier molecular flexibility index (Phi) is 4.19. The van der Waals surface area contributed by atoms with Crippen molar-refractivity contribution in [3.63, 3.8) is 0 Å². The van der Waals surface area contributed by atoms with Crippen molar-refractivity contribution in [2.75, 3.05) is 5.73 Å². The van der Waals surface area contributed by atoms with Crippen molar-refractivity contribution < 1.29 is 26.3 Å². The highest BCUT2D eigenvalue weighted by atomic mass is 35.5. The van der Waals surface area contributed by atoms with Crippen molar-refractivity contribution in [3.8, 4) is 5.69 Å². The van der Waals surface area contributed by atoms with Gasteiger partial charge in [0.2, 0.25) is 5.82 Å². The highest BCUT2D eigenvalue weighted by Crippen LogP contribution is 2.39. The molecule has 2 aromatic heterocycles. The Labute approximate surface area is 150 Å². The highest BCUT2D eigenvalue weighted by Gasteiger charge is 2.43. The third-order valence-corrected chi connectivity index (χ3v) is 3.62. The lowest BCUT2D eigenvalue weighted by molar-refractivity contribution is -0.151. The van der Waals surface area contributed by atoms with Crippen LogP contribution in [0.3, 0.4) is 0 Å². The molecule has 2 heterocycles. The predicted molar refractivity (Wildman–Crippen MR) is 81.1 cm³/mol. The number of aromatic nitrogens is 4. The second kappa shape index (κ2) is 5.88. The van der Waals surface area contributed by atoms with E-state index < -0.39 is 40.7 Å². The summed E-state index contributed by atoms with van der Waals surface area (Å²) in [5, 5.41) is 3.01. The van der Waals surface area contributed by atoms with Crippen LogP contribution < -0.4 is 5.73 Å². The van der Waals surface area contributed by atoms with E-state index in [1.165, 1.54) is 18.2 Å². The number of fused-ring (bicyclic) bond motifs is 1. The lowest BCUT2D eigenvalue weighted by atomic mass is 10.2. The van der Waals surface area contributed by atoms with Gasteiger partial charge in [0.1, 0.15) is 5.82 Å². The molecule has 0 saturated heterocycles. The molecule has 0 aliphatic rings. The predicted octanol–water partition coefficient (Wildman–Crippen LogP) is 4.74. The summed E-state index contributed by atoms with van der Waals surface area (Å²) in [4.78, 5) is 5.66. The molecule has 0 spiro atoms. The van der Waals surface area contributed by atoms with Crippen LogP contribution in [0.5, 0.6) is 0 Å². The lowest BCUT2D eigenvalue weighted by Gasteiger charge is -2.10. The number of alkyl halides is 6. The Morgan fingerprint density at radius 3 is 1.96 bits per heavy atom. The van der Waals surface area contributed by atoms with Gasteiger partial charge in [0, 0.05) is 10.0 Å². The first-order valence-electron chi connectivity index (χ1n) is 6.55. The van der Waals surface area contributed by atoms with Gasteiger partial charge in [-0.3, -0.25) is 0 Å². The molecule has 1 aromatic carbocycles. The van der Waals surface area contributed by atoms with Crippen LogP contribution in [-0.2, 0) is 12.4 Å². The zero-order chi connectivity index (χ0) is 19.4. The molecular formula is C13H5Cl2F6N5. The van der Waals surface area contributed by atoms with Crippen molar-refractivity contribution in [1.29, 1.82) is 0 Å². The molecule has 26 heavy (non-hydrogen) atoms. The van der Waals surface area contributed by atoms with E-state index in [1.807, 2.05) is 0 Å². The van der Waals surface area contributed by atoms with E-state index in [2.05, 4.69) is 15.1 Å². The minimum Gasteiger partial charge on any atom is -0.383 e. The summed E-state index contributed by atoms with van der Waals surface area (Å²) in [6.07, 6.45) is -10.4. The Hall–Kier alpha value is -2.27. The average molecular weight is 416 g/mol. The Balaban J connectivity index is 2.37. The number of rotatable bonds is 1. The second-order valence-electron chi connectivity index (χ2n) is 5.01. The van der Waals surface area contributed by atoms with Gasteiger partial charge in [0.25, 0.3) is 0 Å². The van der Waals surface area contributed by atoms with Gasteiger partial charge in [-0.1, -0.05) is 23.2 Å². The standard InChI is InChI=1S/C13H5Cl2F6N5/c14-4-1-5(15)3-6(2-4)26-9(22)7-8(12(16,17)18)23-11(13(19,20)21)24-10(7)25-26/h1-3H,22H2. The normalized spacial score (nSPS) is 12.8. The molecule has 0 aliphatic heterocycles. The fraction of sp³-hybridized carbons (Fsp3) is 0.154. The molecule has 0 fully saturated rings. The largest absolute Gasteiger partial charge is 0.451 e. The maximum Gasteiger partial charge on any atom is 0.451 e. The van der Waals surface area contributed by atoms with E-state index in [1.54, 1.807) is 0 Å². The first kappa shape index (κ1) is 18.5. The van der Waals surface area contributed by atoms with E-state index in [0.717, 1.165) is 4.68 Å². The lowest BCUT2D eigenvalue weighted by Crippen LogP contribution is -2.17. The van der Waals surface area contributed by atoms with E-state index in [-0.39, 0.29) is 15.7 Å².